The number of rotatable bonds is 4. The van der Waals surface area contributed by atoms with E-state index < -0.39 is 5.56 Å². The number of hydrogen-bond donors (Lipinski definition) is 1. The van der Waals surface area contributed by atoms with Crippen molar-refractivity contribution in [1.82, 2.24) is 9.13 Å². The number of benzene rings is 3. The molecule has 0 unspecified atom stereocenters. The summed E-state index contributed by atoms with van der Waals surface area (Å²) in [5.41, 5.74) is 0.885. The number of hydrogen-bond acceptors (Lipinski definition) is 5. The van der Waals surface area contributed by atoms with E-state index in [1.54, 1.807) is 48.5 Å². The molecule has 1 heterocycles. The lowest BCUT2D eigenvalue weighted by atomic mass is 10.3. The van der Waals surface area contributed by atoms with E-state index in [0.717, 1.165) is 8.95 Å². The van der Waals surface area contributed by atoms with E-state index >= 15 is 0 Å². The van der Waals surface area contributed by atoms with Gasteiger partial charge in [-0.1, -0.05) is 50.1 Å². The van der Waals surface area contributed by atoms with E-state index in [-0.39, 0.29) is 16.3 Å². The Morgan fingerprint density at radius 2 is 1.29 bits per heavy atom. The third kappa shape index (κ3) is 4.43. The summed E-state index contributed by atoms with van der Waals surface area (Å²) in [6.45, 7) is 0. The average Bonchev–Trinajstić information content (AvgIpc) is 2.77. The highest BCUT2D eigenvalue weighted by atomic mass is 79.9. The van der Waals surface area contributed by atoms with Crippen LogP contribution < -0.4 is 5.56 Å². The largest absolute Gasteiger partial charge is 0.492 e. The van der Waals surface area contributed by atoms with Crippen LogP contribution in [0.25, 0.3) is 11.4 Å². The van der Waals surface area contributed by atoms with Gasteiger partial charge in [0.25, 0.3) is 5.56 Å². The van der Waals surface area contributed by atoms with Gasteiger partial charge in [-0.25, -0.2) is 0 Å². The van der Waals surface area contributed by atoms with Crippen LogP contribution in [0.4, 0.5) is 11.4 Å². The van der Waals surface area contributed by atoms with E-state index in [0.29, 0.717) is 17.1 Å². The van der Waals surface area contributed by atoms with Crippen LogP contribution in [-0.4, -0.2) is 14.2 Å². The molecule has 1 N–H and O–H groups in total. The van der Waals surface area contributed by atoms with Crippen LogP contribution in [0.1, 0.15) is 0 Å². The zero-order valence-corrected chi connectivity index (χ0v) is 19.8. The molecule has 0 saturated carbocycles. The molecule has 4 rings (SSSR count). The molecule has 0 atom stereocenters. The molecule has 0 aliphatic rings. The average molecular weight is 558 g/mol. The maximum Gasteiger partial charge on any atom is 0.290 e. The molecule has 0 aliphatic heterocycles. The zero-order chi connectivity index (χ0) is 22.0. The zero-order valence-electron chi connectivity index (χ0n) is 15.8. The van der Waals surface area contributed by atoms with Crippen molar-refractivity contribution < 1.29 is 5.11 Å². The highest BCUT2D eigenvalue weighted by molar-refractivity contribution is 9.10. The minimum Gasteiger partial charge on any atom is -0.492 e. The molecule has 0 amide bonds. The Morgan fingerprint density at radius 3 is 1.90 bits per heavy atom. The summed E-state index contributed by atoms with van der Waals surface area (Å²) in [4.78, 5) is 13.3. The quantitative estimate of drug-likeness (QED) is 0.217. The second kappa shape index (κ2) is 9.09. The van der Waals surface area contributed by atoms with E-state index in [4.69, 9.17) is 12.2 Å². The van der Waals surface area contributed by atoms with Gasteiger partial charge >= 0.3 is 0 Å². The van der Waals surface area contributed by atoms with Gasteiger partial charge in [0.1, 0.15) is 0 Å². The summed E-state index contributed by atoms with van der Waals surface area (Å²) in [6, 6.07) is 23.2. The molecule has 4 aromatic rings. The van der Waals surface area contributed by atoms with Gasteiger partial charge in [-0.2, -0.15) is 5.11 Å². The van der Waals surface area contributed by atoms with E-state index in [9.17, 15) is 9.90 Å². The van der Waals surface area contributed by atoms with Crippen molar-refractivity contribution in [3.05, 3.63) is 103 Å². The first-order chi connectivity index (χ1) is 15.0. The first-order valence-corrected chi connectivity index (χ1v) is 11.0. The molecule has 3 aromatic carbocycles. The van der Waals surface area contributed by atoms with Gasteiger partial charge in [-0.3, -0.25) is 13.9 Å². The van der Waals surface area contributed by atoms with Crippen LogP contribution >= 0.6 is 44.1 Å². The Kier molecular flexibility index (Phi) is 6.26. The summed E-state index contributed by atoms with van der Waals surface area (Å²) >= 11 is 12.4. The van der Waals surface area contributed by atoms with Gasteiger partial charge in [-0.15, -0.1) is 5.11 Å². The Hall–Kier alpha value is -2.88. The molecule has 0 aliphatic carbocycles. The van der Waals surface area contributed by atoms with Crippen molar-refractivity contribution in [3.8, 4) is 17.3 Å². The highest BCUT2D eigenvalue weighted by Gasteiger charge is 2.19. The van der Waals surface area contributed by atoms with Crippen molar-refractivity contribution >= 4 is 55.5 Å². The first-order valence-electron chi connectivity index (χ1n) is 9.05. The van der Waals surface area contributed by atoms with Crippen LogP contribution in [0.3, 0.4) is 0 Å². The molecule has 31 heavy (non-hydrogen) atoms. The number of halogens is 2. The van der Waals surface area contributed by atoms with Crippen molar-refractivity contribution in [2.45, 2.75) is 0 Å². The standard InChI is InChI=1S/C22H14Br2N4O2S/c23-14-6-10-16(11-7-14)25-26-19-20(29)27(17-4-2-1-3-5-17)22(31)28(21(19)30)18-12-8-15(24)9-13-18/h1-13,30H. The van der Waals surface area contributed by atoms with Crippen molar-refractivity contribution in [1.29, 1.82) is 0 Å². The molecule has 0 bridgehead atoms. The third-order valence-corrected chi connectivity index (χ3v) is 5.83. The van der Waals surface area contributed by atoms with Gasteiger partial charge < -0.3 is 5.11 Å². The molecule has 0 radical (unpaired) electrons. The predicted molar refractivity (Wildman–Crippen MR) is 130 cm³/mol. The van der Waals surface area contributed by atoms with Gasteiger partial charge in [0, 0.05) is 8.95 Å². The summed E-state index contributed by atoms with van der Waals surface area (Å²) in [5.74, 6) is -0.384. The van der Waals surface area contributed by atoms with Gasteiger partial charge in [0.05, 0.1) is 17.1 Å². The lowest BCUT2D eigenvalue weighted by Gasteiger charge is -2.16. The van der Waals surface area contributed by atoms with E-state index in [2.05, 4.69) is 42.1 Å². The maximum atomic E-state index is 13.3. The number of azo groups is 1. The topological polar surface area (TPSA) is 71.9 Å². The number of aromatic hydroxyl groups is 1. The number of nitrogens with zero attached hydrogens (tertiary/aromatic N) is 4. The second-order valence-corrected chi connectivity index (χ2v) is 8.62. The van der Waals surface area contributed by atoms with Crippen molar-refractivity contribution in [2.24, 2.45) is 10.2 Å². The molecule has 0 spiro atoms. The predicted octanol–water partition coefficient (Wildman–Crippen LogP) is 7.00. The fourth-order valence-electron chi connectivity index (χ4n) is 2.92. The fourth-order valence-corrected chi connectivity index (χ4v) is 3.82. The van der Waals surface area contributed by atoms with Crippen LogP contribution in [0, 0.1) is 4.77 Å². The summed E-state index contributed by atoms with van der Waals surface area (Å²) < 4.78 is 4.59. The molecule has 0 saturated heterocycles. The number of para-hydroxylation sites is 1. The molecule has 0 fully saturated rings. The van der Waals surface area contributed by atoms with Crippen molar-refractivity contribution in [2.75, 3.05) is 0 Å². The normalized spacial score (nSPS) is 11.2. The Morgan fingerprint density at radius 1 is 0.742 bits per heavy atom. The maximum absolute atomic E-state index is 13.3. The molecular formula is C22H14Br2N4O2S. The minimum atomic E-state index is -0.567. The summed E-state index contributed by atoms with van der Waals surface area (Å²) in [5, 5.41) is 19.2. The molecular weight excluding hydrogens is 544 g/mol. The monoisotopic (exact) mass is 556 g/mol. The molecule has 1 aromatic heterocycles. The van der Waals surface area contributed by atoms with Crippen molar-refractivity contribution in [3.63, 3.8) is 0 Å². The third-order valence-electron chi connectivity index (χ3n) is 4.40. The van der Waals surface area contributed by atoms with Gasteiger partial charge in [0.2, 0.25) is 11.6 Å². The Labute approximate surface area is 199 Å². The Bertz CT molecular complexity index is 1380. The SMILES string of the molecule is O=c1c(N=Nc2ccc(Br)cc2)c(O)n(-c2ccc(Br)cc2)c(=S)n1-c1ccccc1. The van der Waals surface area contributed by atoms with Crippen LogP contribution in [0.2, 0.25) is 0 Å². The van der Waals surface area contributed by atoms with Crippen LogP contribution in [0.5, 0.6) is 5.88 Å². The molecule has 154 valence electrons. The first kappa shape index (κ1) is 21.4. The van der Waals surface area contributed by atoms with Crippen LogP contribution in [0.15, 0.2) is 103 Å². The lowest BCUT2D eigenvalue weighted by molar-refractivity contribution is 0.432. The fraction of sp³-hybridized carbons (Fsp3) is 0. The Balaban J connectivity index is 1.98. The second-order valence-electron chi connectivity index (χ2n) is 6.42. The summed E-state index contributed by atoms with van der Waals surface area (Å²) in [6.07, 6.45) is 0. The molecule has 9 heteroatoms. The minimum absolute atomic E-state index is 0.110. The van der Waals surface area contributed by atoms with Crippen LogP contribution in [-0.2, 0) is 0 Å². The summed E-state index contributed by atoms with van der Waals surface area (Å²) in [7, 11) is 0. The van der Waals surface area contributed by atoms with Gasteiger partial charge in [0.15, 0.2) is 4.77 Å². The lowest BCUT2D eigenvalue weighted by Crippen LogP contribution is -2.23. The highest BCUT2D eigenvalue weighted by Crippen LogP contribution is 2.29. The van der Waals surface area contributed by atoms with E-state index in [1.807, 2.05) is 30.3 Å². The molecule has 6 nitrogen and oxygen atoms in total. The number of aromatic nitrogens is 2. The van der Waals surface area contributed by atoms with E-state index in [1.165, 1.54) is 9.13 Å². The van der Waals surface area contributed by atoms with Gasteiger partial charge in [-0.05, 0) is 72.9 Å². The smallest absolute Gasteiger partial charge is 0.290 e.